The van der Waals surface area contributed by atoms with E-state index in [1.165, 1.54) is 16.7 Å². The van der Waals surface area contributed by atoms with Gasteiger partial charge in [0.2, 0.25) is 0 Å². The van der Waals surface area contributed by atoms with E-state index in [1.54, 1.807) is 0 Å². The van der Waals surface area contributed by atoms with Gasteiger partial charge in [-0.2, -0.15) is 11.1 Å². The fraction of sp³-hybridized carbons (Fsp3) is 0.556. The van der Waals surface area contributed by atoms with Crippen molar-refractivity contribution >= 4 is 0 Å². The molecule has 0 amide bonds. The van der Waals surface area contributed by atoms with Crippen LogP contribution < -0.4 is 48.0 Å². The predicted octanol–water partition coefficient (Wildman–Crippen LogP) is -3.27. The summed E-state index contributed by atoms with van der Waals surface area (Å²) in [5, 5.41) is 0. The van der Waals surface area contributed by atoms with Gasteiger partial charge in [-0.15, -0.1) is 6.92 Å². The van der Waals surface area contributed by atoms with Crippen molar-refractivity contribution in [3.63, 3.8) is 0 Å². The zero-order valence-electron chi connectivity index (χ0n) is 7.83. The summed E-state index contributed by atoms with van der Waals surface area (Å²) in [6, 6.07) is 0. The summed E-state index contributed by atoms with van der Waals surface area (Å²) in [5.41, 5.74) is 4.25. The van der Waals surface area contributed by atoms with Crippen LogP contribution in [-0.4, -0.2) is 0 Å². The van der Waals surface area contributed by atoms with Crippen LogP contribution in [-0.2, 0) is 26.2 Å². The molecule has 0 spiro atoms. The van der Waals surface area contributed by atoms with E-state index in [1.807, 2.05) is 0 Å². The van der Waals surface area contributed by atoms with Crippen LogP contribution in [0.1, 0.15) is 27.7 Å². The average molecular weight is 466 g/mol. The van der Waals surface area contributed by atoms with E-state index in [4.69, 9.17) is 0 Å². The Balaban J connectivity index is -0.000000270. The molecule has 0 N–H and O–H groups in total. The van der Waals surface area contributed by atoms with Gasteiger partial charge in [-0.3, -0.25) is 6.08 Å². The van der Waals surface area contributed by atoms with Gasteiger partial charge < -0.3 is 48.0 Å². The topological polar surface area (TPSA) is 0 Å². The summed E-state index contributed by atoms with van der Waals surface area (Å²) in [4.78, 5) is 0. The van der Waals surface area contributed by atoms with Crippen LogP contribution in [0.5, 0.6) is 0 Å². The van der Waals surface area contributed by atoms with Gasteiger partial charge in [0, 0.05) is 0 Å². The van der Waals surface area contributed by atoms with Gasteiger partial charge in [0.15, 0.2) is 0 Å². The van der Waals surface area contributed by atoms with Gasteiger partial charge in [0.05, 0.1) is 0 Å². The Morgan fingerprint density at radius 2 is 1.50 bits per heavy atom. The molecule has 1 radical (unpaired) electrons. The van der Waals surface area contributed by atoms with Crippen LogP contribution >= 0.6 is 0 Å². The van der Waals surface area contributed by atoms with Gasteiger partial charge in [-0.1, -0.05) is 26.7 Å². The van der Waals surface area contributed by atoms with E-state index in [-0.39, 0.29) is 74.2 Å². The average Bonchev–Trinajstić information content (AvgIpc) is 1.98. The van der Waals surface area contributed by atoms with Crippen LogP contribution in [0.4, 0.5) is 0 Å². The Hall–Kier alpha value is 1.82. The Labute approximate surface area is 129 Å². The molecule has 12 heavy (non-hydrogen) atoms. The monoisotopic (exact) mass is 465 g/mol. The summed E-state index contributed by atoms with van der Waals surface area (Å²) in [5.74, 6) is 0.560. The number of allylic oxidation sites excluding steroid dienone is 4. The van der Waals surface area contributed by atoms with E-state index in [2.05, 4.69) is 33.8 Å². The fourth-order valence-electron chi connectivity index (χ4n) is 1.16. The normalized spacial score (nSPS) is 20.3. The molecular weight excluding hydrogens is 453 g/mol. The van der Waals surface area contributed by atoms with E-state index >= 15 is 0 Å². The standard InChI is InChI=1S/C9H13.2HI.Zr/c1-6-5-7(2)9(4)8(6)3;;;/h6H,1-4H3;2*1H;/q-1;;;+3/p-2. The maximum absolute atomic E-state index is 3.36. The molecule has 0 saturated carbocycles. The first-order valence-corrected chi connectivity index (χ1v) is 3.40. The molecule has 0 bridgehead atoms. The second-order valence-corrected chi connectivity index (χ2v) is 2.80. The van der Waals surface area contributed by atoms with Gasteiger partial charge in [0.1, 0.15) is 0 Å². The number of halogens is 2. The van der Waals surface area contributed by atoms with Crippen LogP contribution in [0.15, 0.2) is 16.7 Å². The molecule has 67 valence electrons. The molecule has 1 aliphatic carbocycles. The largest absolute Gasteiger partial charge is 3.00 e. The third-order valence-corrected chi connectivity index (χ3v) is 2.24. The minimum atomic E-state index is 0. The van der Waals surface area contributed by atoms with Crippen LogP contribution in [0, 0.1) is 12.0 Å². The van der Waals surface area contributed by atoms with Gasteiger partial charge in [-0.05, 0) is 0 Å². The first-order valence-electron chi connectivity index (χ1n) is 3.40. The first kappa shape index (κ1) is 19.4. The molecular formula is C9H13I2Zr. The van der Waals surface area contributed by atoms with Crippen molar-refractivity contribution < 1.29 is 74.2 Å². The second-order valence-electron chi connectivity index (χ2n) is 2.80. The third-order valence-electron chi connectivity index (χ3n) is 2.24. The van der Waals surface area contributed by atoms with Crippen molar-refractivity contribution in [1.29, 1.82) is 0 Å². The third kappa shape index (κ3) is 4.36. The quantitative estimate of drug-likeness (QED) is 0.260. The molecule has 1 atom stereocenters. The number of hydrogen-bond donors (Lipinski definition) is 0. The smallest absolute Gasteiger partial charge is 1.00 e. The minimum Gasteiger partial charge on any atom is -1.00 e. The number of rotatable bonds is 0. The number of hydrogen-bond acceptors (Lipinski definition) is 0. The molecule has 0 aromatic rings. The minimum absolute atomic E-state index is 0. The van der Waals surface area contributed by atoms with Crippen molar-refractivity contribution in [1.82, 2.24) is 0 Å². The van der Waals surface area contributed by atoms with E-state index < -0.39 is 0 Å². The summed E-state index contributed by atoms with van der Waals surface area (Å²) >= 11 is 0. The van der Waals surface area contributed by atoms with Crippen LogP contribution in [0.3, 0.4) is 0 Å². The van der Waals surface area contributed by atoms with Crippen molar-refractivity contribution in [2.24, 2.45) is 5.92 Å². The molecule has 0 fully saturated rings. The fourth-order valence-corrected chi connectivity index (χ4v) is 1.16. The summed E-state index contributed by atoms with van der Waals surface area (Å²) in [7, 11) is 0. The predicted molar refractivity (Wildman–Crippen MR) is 40.0 cm³/mol. The van der Waals surface area contributed by atoms with Crippen molar-refractivity contribution in [3.05, 3.63) is 22.8 Å². The zero-order valence-corrected chi connectivity index (χ0v) is 14.6. The van der Waals surface area contributed by atoms with Gasteiger partial charge >= 0.3 is 26.2 Å². The molecule has 0 saturated heterocycles. The molecule has 0 aliphatic heterocycles. The molecule has 0 aromatic carbocycles. The molecule has 0 nitrogen and oxygen atoms in total. The van der Waals surface area contributed by atoms with Crippen LogP contribution in [0.25, 0.3) is 0 Å². The van der Waals surface area contributed by atoms with E-state index in [9.17, 15) is 0 Å². The Morgan fingerprint density at radius 1 is 1.08 bits per heavy atom. The molecule has 0 heterocycles. The molecule has 0 aromatic heterocycles. The molecule has 1 rings (SSSR count). The summed E-state index contributed by atoms with van der Waals surface area (Å²) < 4.78 is 0. The maximum Gasteiger partial charge on any atom is 3.00 e. The molecule has 3 heteroatoms. The van der Waals surface area contributed by atoms with Gasteiger partial charge in [-0.25, -0.2) is 5.57 Å². The van der Waals surface area contributed by atoms with E-state index in [0.717, 1.165) is 0 Å². The van der Waals surface area contributed by atoms with Crippen LogP contribution in [0.2, 0.25) is 0 Å². The summed E-state index contributed by atoms with van der Waals surface area (Å²) in [6.45, 7) is 8.67. The van der Waals surface area contributed by atoms with Gasteiger partial charge in [0.25, 0.3) is 0 Å². The SMILES string of the molecule is CC1=[C-]C(C)C(C)=C1C.[I-].[I-].[Zr+3]. The Kier molecular flexibility index (Phi) is 13.2. The Morgan fingerprint density at radius 3 is 1.58 bits per heavy atom. The van der Waals surface area contributed by atoms with E-state index in [0.29, 0.717) is 5.92 Å². The molecule has 1 unspecified atom stereocenters. The van der Waals surface area contributed by atoms with Crippen molar-refractivity contribution in [2.45, 2.75) is 27.7 Å². The molecule has 1 aliphatic rings. The van der Waals surface area contributed by atoms with Crippen molar-refractivity contribution in [3.8, 4) is 0 Å². The second kappa shape index (κ2) is 8.16. The first-order chi connectivity index (χ1) is 4.13. The zero-order chi connectivity index (χ0) is 7.02. The van der Waals surface area contributed by atoms with Crippen molar-refractivity contribution in [2.75, 3.05) is 0 Å². The Bertz CT molecular complexity index is 195. The summed E-state index contributed by atoms with van der Waals surface area (Å²) in [6.07, 6.45) is 3.36. The maximum atomic E-state index is 3.36.